The standard InChI is InChI=1S/C16H21N3O4/c1-10-7-11(18-17-10)9-19(2)15(16(20)21)13-8-12(22-3)5-6-14(13)23-4/h5-8,15H,9H2,1-4H3,(H,17,18)(H,20,21). The van der Waals surface area contributed by atoms with E-state index in [1.165, 1.54) is 14.2 Å². The predicted molar refractivity (Wildman–Crippen MR) is 84.7 cm³/mol. The number of aryl methyl sites for hydroxylation is 1. The van der Waals surface area contributed by atoms with E-state index < -0.39 is 12.0 Å². The average Bonchev–Trinajstić information content (AvgIpc) is 2.91. The van der Waals surface area contributed by atoms with Gasteiger partial charge in [-0.15, -0.1) is 0 Å². The molecule has 2 aromatic rings. The molecule has 1 unspecified atom stereocenters. The summed E-state index contributed by atoms with van der Waals surface area (Å²) < 4.78 is 10.5. The van der Waals surface area contributed by atoms with E-state index in [-0.39, 0.29) is 0 Å². The fraction of sp³-hybridized carbons (Fsp3) is 0.375. The van der Waals surface area contributed by atoms with Crippen molar-refractivity contribution in [1.29, 1.82) is 0 Å². The lowest BCUT2D eigenvalue weighted by molar-refractivity contribution is -0.143. The number of hydrogen-bond acceptors (Lipinski definition) is 5. The normalized spacial score (nSPS) is 12.2. The van der Waals surface area contributed by atoms with Gasteiger partial charge < -0.3 is 14.6 Å². The molecule has 0 bridgehead atoms. The molecule has 2 N–H and O–H groups in total. The van der Waals surface area contributed by atoms with E-state index in [0.717, 1.165) is 11.4 Å². The van der Waals surface area contributed by atoms with Gasteiger partial charge in [0.2, 0.25) is 0 Å². The molecule has 1 atom stereocenters. The molecule has 0 radical (unpaired) electrons. The highest BCUT2D eigenvalue weighted by Gasteiger charge is 2.28. The third kappa shape index (κ3) is 3.81. The maximum Gasteiger partial charge on any atom is 0.325 e. The van der Waals surface area contributed by atoms with Gasteiger partial charge in [-0.3, -0.25) is 14.8 Å². The van der Waals surface area contributed by atoms with E-state index in [0.29, 0.717) is 23.6 Å². The van der Waals surface area contributed by atoms with E-state index in [9.17, 15) is 9.90 Å². The van der Waals surface area contributed by atoms with Crippen LogP contribution in [0.4, 0.5) is 0 Å². The lowest BCUT2D eigenvalue weighted by atomic mass is 10.0. The van der Waals surface area contributed by atoms with Crippen LogP contribution in [0.1, 0.15) is 23.0 Å². The first-order valence-electron chi connectivity index (χ1n) is 7.12. The largest absolute Gasteiger partial charge is 0.497 e. The number of methoxy groups -OCH3 is 2. The van der Waals surface area contributed by atoms with Crippen molar-refractivity contribution >= 4 is 5.97 Å². The van der Waals surface area contributed by atoms with Crippen LogP contribution in [0, 0.1) is 6.92 Å². The van der Waals surface area contributed by atoms with Crippen LogP contribution < -0.4 is 9.47 Å². The summed E-state index contributed by atoms with van der Waals surface area (Å²) in [4.78, 5) is 13.5. The lowest BCUT2D eigenvalue weighted by Gasteiger charge is -2.25. The number of nitrogens with one attached hydrogen (secondary N) is 1. The second-order valence-electron chi connectivity index (χ2n) is 5.31. The van der Waals surface area contributed by atoms with Crippen LogP contribution in [0.15, 0.2) is 24.3 Å². The highest BCUT2D eigenvalue weighted by atomic mass is 16.5. The fourth-order valence-electron chi connectivity index (χ4n) is 2.51. The number of aliphatic carboxylic acids is 1. The van der Waals surface area contributed by atoms with Crippen LogP contribution in [0.5, 0.6) is 11.5 Å². The third-order valence-electron chi connectivity index (χ3n) is 3.58. The first-order chi connectivity index (χ1) is 11.0. The smallest absolute Gasteiger partial charge is 0.325 e. The van der Waals surface area contributed by atoms with E-state index in [2.05, 4.69) is 10.2 Å². The highest BCUT2D eigenvalue weighted by Crippen LogP contribution is 2.33. The molecule has 7 heteroatoms. The van der Waals surface area contributed by atoms with E-state index in [1.54, 1.807) is 30.1 Å². The number of benzene rings is 1. The van der Waals surface area contributed by atoms with Crippen LogP contribution in [0.25, 0.3) is 0 Å². The number of hydrogen-bond donors (Lipinski definition) is 2. The molecule has 1 aromatic carbocycles. The number of rotatable bonds is 7. The number of aromatic nitrogens is 2. The molecule has 0 aliphatic rings. The Hall–Kier alpha value is -2.54. The van der Waals surface area contributed by atoms with Crippen molar-refractivity contribution in [3.05, 3.63) is 41.2 Å². The number of nitrogens with zero attached hydrogens (tertiary/aromatic N) is 2. The topological polar surface area (TPSA) is 87.7 Å². The van der Waals surface area contributed by atoms with Gasteiger partial charge in [0.05, 0.1) is 19.9 Å². The summed E-state index contributed by atoms with van der Waals surface area (Å²) in [6.45, 7) is 2.29. The molecule has 0 saturated carbocycles. The van der Waals surface area contributed by atoms with Gasteiger partial charge in [-0.1, -0.05) is 0 Å². The summed E-state index contributed by atoms with van der Waals surface area (Å²) in [5.41, 5.74) is 2.24. The first-order valence-corrected chi connectivity index (χ1v) is 7.12. The summed E-state index contributed by atoms with van der Waals surface area (Å²) in [5.74, 6) is 0.116. The number of carboxylic acid groups (broad SMARTS) is 1. The Balaban J connectivity index is 2.35. The molecule has 23 heavy (non-hydrogen) atoms. The Morgan fingerprint density at radius 2 is 2.09 bits per heavy atom. The van der Waals surface area contributed by atoms with Gasteiger partial charge in [0, 0.05) is 17.8 Å². The van der Waals surface area contributed by atoms with E-state index in [4.69, 9.17) is 9.47 Å². The van der Waals surface area contributed by atoms with Gasteiger partial charge in [-0.05, 0) is 38.2 Å². The van der Waals surface area contributed by atoms with Gasteiger partial charge >= 0.3 is 5.97 Å². The van der Waals surface area contributed by atoms with Crippen LogP contribution in [0.3, 0.4) is 0 Å². The van der Waals surface area contributed by atoms with Gasteiger partial charge in [0.15, 0.2) is 0 Å². The molecular formula is C16H21N3O4. The zero-order valence-corrected chi connectivity index (χ0v) is 13.7. The van der Waals surface area contributed by atoms with Crippen LogP contribution in [0.2, 0.25) is 0 Å². The Morgan fingerprint density at radius 3 is 2.61 bits per heavy atom. The van der Waals surface area contributed by atoms with Crippen molar-refractivity contribution in [2.24, 2.45) is 0 Å². The summed E-state index contributed by atoms with van der Waals surface area (Å²) in [7, 11) is 4.79. The number of carboxylic acids is 1. The zero-order valence-electron chi connectivity index (χ0n) is 13.7. The SMILES string of the molecule is COc1ccc(OC)c(C(C(=O)O)N(C)Cc2cc(C)[nH]n2)c1. The molecule has 2 rings (SSSR count). The van der Waals surface area contributed by atoms with Crippen molar-refractivity contribution in [3.63, 3.8) is 0 Å². The Kier molecular flexibility index (Phi) is 5.23. The molecule has 0 aliphatic carbocycles. The fourth-order valence-corrected chi connectivity index (χ4v) is 2.51. The van der Waals surface area contributed by atoms with Crippen LogP contribution in [-0.4, -0.2) is 47.4 Å². The van der Waals surface area contributed by atoms with E-state index in [1.807, 2.05) is 13.0 Å². The first kappa shape index (κ1) is 16.8. The minimum absolute atomic E-state index is 0.391. The average molecular weight is 319 g/mol. The number of likely N-dealkylation sites (N-methyl/N-ethyl adjacent to an activating group) is 1. The second kappa shape index (κ2) is 7.15. The molecule has 124 valence electrons. The van der Waals surface area contributed by atoms with Crippen LogP contribution in [-0.2, 0) is 11.3 Å². The number of carbonyl (C=O) groups is 1. The molecule has 0 saturated heterocycles. The molecule has 1 aromatic heterocycles. The number of aromatic amines is 1. The molecular weight excluding hydrogens is 298 g/mol. The predicted octanol–water partition coefficient (Wildman–Crippen LogP) is 1.99. The van der Waals surface area contributed by atoms with Crippen molar-refractivity contribution in [3.8, 4) is 11.5 Å². The molecule has 0 spiro atoms. The van der Waals surface area contributed by atoms with E-state index >= 15 is 0 Å². The second-order valence-corrected chi connectivity index (χ2v) is 5.31. The van der Waals surface area contributed by atoms with Crippen molar-refractivity contribution in [1.82, 2.24) is 15.1 Å². The van der Waals surface area contributed by atoms with Crippen molar-refractivity contribution in [2.45, 2.75) is 19.5 Å². The summed E-state index contributed by atoms with van der Waals surface area (Å²) in [6.07, 6.45) is 0. The van der Waals surface area contributed by atoms with Gasteiger partial charge in [-0.2, -0.15) is 5.10 Å². The quantitative estimate of drug-likeness (QED) is 0.811. The van der Waals surface area contributed by atoms with Gasteiger partial charge in [0.1, 0.15) is 17.5 Å². The molecule has 0 fully saturated rings. The summed E-state index contributed by atoms with van der Waals surface area (Å²) in [5, 5.41) is 16.7. The Morgan fingerprint density at radius 1 is 1.35 bits per heavy atom. The number of ether oxygens (including phenoxy) is 2. The molecule has 7 nitrogen and oxygen atoms in total. The minimum atomic E-state index is -0.966. The van der Waals surface area contributed by atoms with Crippen molar-refractivity contribution < 1.29 is 19.4 Å². The van der Waals surface area contributed by atoms with Gasteiger partial charge in [-0.25, -0.2) is 0 Å². The molecule has 0 aliphatic heterocycles. The monoisotopic (exact) mass is 319 g/mol. The third-order valence-corrected chi connectivity index (χ3v) is 3.58. The maximum absolute atomic E-state index is 11.8. The van der Waals surface area contributed by atoms with Crippen LogP contribution >= 0.6 is 0 Å². The highest BCUT2D eigenvalue weighted by molar-refractivity contribution is 5.77. The maximum atomic E-state index is 11.8. The molecule has 0 amide bonds. The van der Waals surface area contributed by atoms with Crippen molar-refractivity contribution in [2.75, 3.05) is 21.3 Å². The molecule has 1 heterocycles. The number of H-pyrrole nitrogens is 1. The summed E-state index contributed by atoms with van der Waals surface area (Å²) in [6, 6.07) is 6.13. The summed E-state index contributed by atoms with van der Waals surface area (Å²) >= 11 is 0. The minimum Gasteiger partial charge on any atom is -0.497 e. The zero-order chi connectivity index (χ0) is 17.0. The Bertz CT molecular complexity index is 684. The van der Waals surface area contributed by atoms with Gasteiger partial charge in [0.25, 0.3) is 0 Å². The Labute approximate surface area is 134 Å². The lowest BCUT2D eigenvalue weighted by Crippen LogP contribution is -2.31.